The van der Waals surface area contributed by atoms with Gasteiger partial charge in [-0.05, 0) is 18.2 Å². The highest BCUT2D eigenvalue weighted by Crippen LogP contribution is 2.36. The molecule has 116 valence electrons. The fourth-order valence-electron chi connectivity index (χ4n) is 2.45. The van der Waals surface area contributed by atoms with Crippen LogP contribution in [0.4, 0.5) is 5.82 Å². The first-order valence-corrected chi connectivity index (χ1v) is 7.88. The average Bonchev–Trinajstić information content (AvgIpc) is 2.85. The number of nitrogens with zero attached hydrogens (tertiary/aromatic N) is 3. The molecular formula is C15H11N3O4S. The minimum atomic E-state index is -0.480. The van der Waals surface area contributed by atoms with Gasteiger partial charge < -0.3 is 9.47 Å². The lowest BCUT2D eigenvalue weighted by Crippen LogP contribution is -2.32. The van der Waals surface area contributed by atoms with E-state index in [1.54, 1.807) is 18.2 Å². The second kappa shape index (κ2) is 5.24. The summed E-state index contributed by atoms with van der Waals surface area (Å²) in [5, 5.41) is 0.789. The molecule has 2 aliphatic rings. The summed E-state index contributed by atoms with van der Waals surface area (Å²) in [6.45, 7) is 0.417. The summed E-state index contributed by atoms with van der Waals surface area (Å²) in [4.78, 5) is 34.8. The van der Waals surface area contributed by atoms with Crippen LogP contribution in [-0.2, 0) is 14.3 Å². The Hall–Kier alpha value is -2.61. The van der Waals surface area contributed by atoms with Crippen LogP contribution in [0.5, 0.6) is 5.88 Å². The van der Waals surface area contributed by atoms with Crippen LogP contribution < -0.4 is 9.64 Å². The SMILES string of the molecule is COc1ccc2ccc(N3C(=O)C4=C(SCCO4)C3=O)nc2n1. The van der Waals surface area contributed by atoms with E-state index in [0.29, 0.717) is 28.8 Å². The van der Waals surface area contributed by atoms with Gasteiger partial charge in [-0.15, -0.1) is 11.8 Å². The quantitative estimate of drug-likeness (QED) is 0.772. The molecule has 7 nitrogen and oxygen atoms in total. The number of imide groups is 1. The fourth-order valence-corrected chi connectivity index (χ4v) is 3.31. The van der Waals surface area contributed by atoms with Gasteiger partial charge in [0, 0.05) is 17.2 Å². The third kappa shape index (κ3) is 2.14. The molecule has 0 N–H and O–H groups in total. The van der Waals surface area contributed by atoms with Crippen molar-refractivity contribution in [3.05, 3.63) is 34.9 Å². The molecule has 2 aromatic heterocycles. The molecule has 0 radical (unpaired) electrons. The highest BCUT2D eigenvalue weighted by atomic mass is 32.2. The van der Waals surface area contributed by atoms with Gasteiger partial charge in [-0.3, -0.25) is 9.59 Å². The molecule has 23 heavy (non-hydrogen) atoms. The molecule has 0 spiro atoms. The van der Waals surface area contributed by atoms with Crippen molar-refractivity contribution in [3.8, 4) is 5.88 Å². The van der Waals surface area contributed by atoms with Crippen LogP contribution in [0.1, 0.15) is 0 Å². The first kappa shape index (κ1) is 14.0. The van der Waals surface area contributed by atoms with Gasteiger partial charge in [-0.1, -0.05) is 0 Å². The number of carbonyl (C=O) groups excluding carboxylic acids is 2. The van der Waals surface area contributed by atoms with E-state index in [-0.39, 0.29) is 11.6 Å². The Labute approximate surface area is 135 Å². The monoisotopic (exact) mass is 329 g/mol. The number of anilines is 1. The van der Waals surface area contributed by atoms with Crippen LogP contribution in [0, 0.1) is 0 Å². The van der Waals surface area contributed by atoms with E-state index in [2.05, 4.69) is 9.97 Å². The van der Waals surface area contributed by atoms with E-state index in [9.17, 15) is 9.59 Å². The number of rotatable bonds is 2. The Morgan fingerprint density at radius 3 is 2.78 bits per heavy atom. The van der Waals surface area contributed by atoms with E-state index in [1.807, 2.05) is 6.07 Å². The second-order valence-electron chi connectivity index (χ2n) is 4.87. The largest absolute Gasteiger partial charge is 0.486 e. The predicted octanol–water partition coefficient (Wildman–Crippen LogP) is 1.49. The molecule has 0 bridgehead atoms. The maximum atomic E-state index is 12.5. The molecule has 8 heteroatoms. The smallest absolute Gasteiger partial charge is 0.303 e. The normalized spacial score (nSPS) is 17.5. The Kier molecular flexibility index (Phi) is 3.19. The summed E-state index contributed by atoms with van der Waals surface area (Å²) in [6.07, 6.45) is 0. The molecule has 4 heterocycles. The zero-order chi connectivity index (χ0) is 16.0. The summed E-state index contributed by atoms with van der Waals surface area (Å²) in [7, 11) is 1.51. The molecule has 0 fully saturated rings. The van der Waals surface area contributed by atoms with Crippen molar-refractivity contribution in [2.24, 2.45) is 0 Å². The van der Waals surface area contributed by atoms with Crippen LogP contribution in [0.25, 0.3) is 11.0 Å². The van der Waals surface area contributed by atoms with Gasteiger partial charge in [-0.2, -0.15) is 4.98 Å². The molecule has 0 saturated heterocycles. The summed E-state index contributed by atoms with van der Waals surface area (Å²) in [5.41, 5.74) is 0.404. The predicted molar refractivity (Wildman–Crippen MR) is 84.0 cm³/mol. The van der Waals surface area contributed by atoms with Gasteiger partial charge in [0.05, 0.1) is 13.7 Å². The Bertz CT molecular complexity index is 852. The van der Waals surface area contributed by atoms with E-state index >= 15 is 0 Å². The number of amides is 2. The highest BCUT2D eigenvalue weighted by molar-refractivity contribution is 8.04. The molecular weight excluding hydrogens is 318 g/mol. The van der Waals surface area contributed by atoms with Gasteiger partial charge in [0.25, 0.3) is 5.91 Å². The fraction of sp³-hybridized carbons (Fsp3) is 0.200. The number of hydrogen-bond acceptors (Lipinski definition) is 7. The zero-order valence-electron chi connectivity index (χ0n) is 12.1. The maximum Gasteiger partial charge on any atom is 0.303 e. The van der Waals surface area contributed by atoms with Crippen LogP contribution >= 0.6 is 11.8 Å². The van der Waals surface area contributed by atoms with Crippen LogP contribution in [-0.4, -0.2) is 41.3 Å². The standard InChI is InChI=1S/C15H11N3O4S/c1-21-10-5-3-8-2-4-9(16-13(8)17-10)18-14(19)11-12(15(18)20)23-7-6-22-11/h2-5H,6-7H2,1H3. The van der Waals surface area contributed by atoms with Crippen molar-refractivity contribution in [3.63, 3.8) is 0 Å². The molecule has 0 unspecified atom stereocenters. The number of pyridine rings is 2. The number of aromatic nitrogens is 2. The molecule has 2 aromatic rings. The minimum absolute atomic E-state index is 0.117. The summed E-state index contributed by atoms with van der Waals surface area (Å²) < 4.78 is 10.4. The van der Waals surface area contributed by atoms with Crippen LogP contribution in [0.15, 0.2) is 34.9 Å². The maximum absolute atomic E-state index is 12.5. The molecule has 2 amide bonds. The van der Waals surface area contributed by atoms with Crippen LogP contribution in [0.3, 0.4) is 0 Å². The lowest BCUT2D eigenvalue weighted by molar-refractivity contribution is -0.121. The molecule has 0 aliphatic carbocycles. The third-order valence-electron chi connectivity index (χ3n) is 3.53. The van der Waals surface area contributed by atoms with E-state index < -0.39 is 11.8 Å². The van der Waals surface area contributed by atoms with Gasteiger partial charge in [0.1, 0.15) is 10.7 Å². The number of thioether (sulfide) groups is 1. The number of hydrogen-bond donors (Lipinski definition) is 0. The zero-order valence-corrected chi connectivity index (χ0v) is 12.9. The van der Waals surface area contributed by atoms with Crippen molar-refractivity contribution in [2.45, 2.75) is 0 Å². The number of methoxy groups -OCH3 is 1. The Morgan fingerprint density at radius 2 is 2.00 bits per heavy atom. The van der Waals surface area contributed by atoms with Crippen molar-refractivity contribution >= 4 is 40.4 Å². The molecule has 0 aromatic carbocycles. The van der Waals surface area contributed by atoms with E-state index in [0.717, 1.165) is 10.3 Å². The molecule has 0 atom stereocenters. The Morgan fingerprint density at radius 1 is 1.17 bits per heavy atom. The molecule has 0 saturated carbocycles. The summed E-state index contributed by atoms with van der Waals surface area (Å²) in [5.74, 6) is 0.530. The van der Waals surface area contributed by atoms with Gasteiger partial charge in [0.2, 0.25) is 11.6 Å². The van der Waals surface area contributed by atoms with Crippen molar-refractivity contribution < 1.29 is 19.1 Å². The van der Waals surface area contributed by atoms with Crippen molar-refractivity contribution in [2.75, 3.05) is 24.4 Å². The summed E-state index contributed by atoms with van der Waals surface area (Å²) >= 11 is 1.33. The number of fused-ring (bicyclic) bond motifs is 1. The third-order valence-corrected chi connectivity index (χ3v) is 4.55. The van der Waals surface area contributed by atoms with E-state index in [4.69, 9.17) is 9.47 Å². The highest BCUT2D eigenvalue weighted by Gasteiger charge is 2.43. The van der Waals surface area contributed by atoms with Crippen LogP contribution in [0.2, 0.25) is 0 Å². The Balaban J connectivity index is 1.77. The topological polar surface area (TPSA) is 81.6 Å². The molecule has 2 aliphatic heterocycles. The minimum Gasteiger partial charge on any atom is -0.486 e. The van der Waals surface area contributed by atoms with Gasteiger partial charge in [-0.25, -0.2) is 9.88 Å². The lowest BCUT2D eigenvalue weighted by atomic mass is 10.3. The number of ether oxygens (including phenoxy) is 2. The molecule has 4 rings (SSSR count). The van der Waals surface area contributed by atoms with Crippen molar-refractivity contribution in [1.29, 1.82) is 0 Å². The first-order chi connectivity index (χ1) is 11.2. The van der Waals surface area contributed by atoms with Crippen molar-refractivity contribution in [1.82, 2.24) is 9.97 Å². The van der Waals surface area contributed by atoms with E-state index in [1.165, 1.54) is 18.9 Å². The summed E-state index contributed by atoms with van der Waals surface area (Å²) in [6, 6.07) is 6.92. The first-order valence-electron chi connectivity index (χ1n) is 6.89. The van der Waals surface area contributed by atoms with Gasteiger partial charge in [0.15, 0.2) is 5.65 Å². The van der Waals surface area contributed by atoms with Gasteiger partial charge >= 0.3 is 5.91 Å². The average molecular weight is 329 g/mol. The lowest BCUT2D eigenvalue weighted by Gasteiger charge is -2.13. The second-order valence-corrected chi connectivity index (χ2v) is 5.98. The number of carbonyl (C=O) groups is 2.